The summed E-state index contributed by atoms with van der Waals surface area (Å²) in [7, 11) is 0. The van der Waals surface area contributed by atoms with Gasteiger partial charge in [0.15, 0.2) is 0 Å². The van der Waals surface area contributed by atoms with Crippen molar-refractivity contribution < 1.29 is 4.79 Å². The van der Waals surface area contributed by atoms with Crippen LogP contribution in [0.1, 0.15) is 23.2 Å². The van der Waals surface area contributed by atoms with E-state index in [9.17, 15) is 4.79 Å². The molecule has 1 amide bonds. The van der Waals surface area contributed by atoms with E-state index < -0.39 is 0 Å². The lowest BCUT2D eigenvalue weighted by atomic mass is 10.1. The molecule has 0 bridgehead atoms. The first-order valence-corrected chi connectivity index (χ1v) is 9.20. The van der Waals surface area contributed by atoms with Gasteiger partial charge in [-0.2, -0.15) is 0 Å². The van der Waals surface area contributed by atoms with Crippen LogP contribution < -0.4 is 0 Å². The van der Waals surface area contributed by atoms with Crippen molar-refractivity contribution >= 4 is 29.4 Å². The van der Waals surface area contributed by atoms with Gasteiger partial charge in [-0.3, -0.25) is 4.79 Å². The number of amides is 1. The molecule has 2 heterocycles. The number of nitrogens with zero attached hydrogens (tertiary/aromatic N) is 1. The van der Waals surface area contributed by atoms with Gasteiger partial charge in [-0.15, -0.1) is 23.5 Å². The molecule has 22 heavy (non-hydrogen) atoms. The molecule has 2 aliphatic rings. The molecule has 1 saturated heterocycles. The first-order valence-electron chi connectivity index (χ1n) is 7.57. The number of benzene rings is 2. The summed E-state index contributed by atoms with van der Waals surface area (Å²) in [6, 6.07) is 18.3. The summed E-state index contributed by atoms with van der Waals surface area (Å²) in [4.78, 5) is 17.3. The zero-order valence-electron chi connectivity index (χ0n) is 12.2. The molecule has 2 aliphatic heterocycles. The van der Waals surface area contributed by atoms with E-state index in [1.54, 1.807) is 0 Å². The Bertz CT molecular complexity index is 666. The number of likely N-dealkylation sites (tertiary alicyclic amines) is 1. The molecule has 4 rings (SSSR count). The molecule has 0 radical (unpaired) electrons. The normalized spacial score (nSPS) is 19.2. The summed E-state index contributed by atoms with van der Waals surface area (Å²) in [6.07, 6.45) is 2.10. The lowest BCUT2D eigenvalue weighted by molar-refractivity contribution is 0.0722. The molecule has 2 aromatic carbocycles. The third kappa shape index (κ3) is 2.55. The van der Waals surface area contributed by atoms with Gasteiger partial charge in [-0.05, 0) is 37.1 Å². The minimum absolute atomic E-state index is 0.168. The van der Waals surface area contributed by atoms with Gasteiger partial charge in [0.05, 0.1) is 4.08 Å². The van der Waals surface area contributed by atoms with Crippen molar-refractivity contribution in [2.45, 2.75) is 26.7 Å². The van der Waals surface area contributed by atoms with E-state index in [4.69, 9.17) is 0 Å². The Balaban J connectivity index is 1.45. The molecule has 0 aromatic heterocycles. The predicted molar refractivity (Wildman–Crippen MR) is 92.5 cm³/mol. The number of fused-ring (bicyclic) bond motifs is 1. The second-order valence-corrected chi connectivity index (χ2v) is 8.83. The Hall–Kier alpha value is -1.39. The minimum atomic E-state index is 0.168. The quantitative estimate of drug-likeness (QED) is 0.768. The summed E-state index contributed by atoms with van der Waals surface area (Å²) in [5.74, 6) is 0.168. The molecule has 0 unspecified atom stereocenters. The fourth-order valence-electron chi connectivity index (χ4n) is 3.06. The van der Waals surface area contributed by atoms with Crippen molar-refractivity contribution in [3.63, 3.8) is 0 Å². The summed E-state index contributed by atoms with van der Waals surface area (Å²) < 4.78 is 0.233. The Labute approximate surface area is 139 Å². The number of rotatable bonds is 1. The number of carbonyl (C=O) groups is 1. The maximum absolute atomic E-state index is 12.5. The van der Waals surface area contributed by atoms with Crippen molar-refractivity contribution in [1.82, 2.24) is 4.90 Å². The third-order valence-electron chi connectivity index (χ3n) is 4.27. The van der Waals surface area contributed by atoms with Crippen LogP contribution in [-0.2, 0) is 0 Å². The number of thioether (sulfide) groups is 2. The zero-order chi connectivity index (χ0) is 15.0. The highest BCUT2D eigenvalue weighted by Gasteiger charge is 2.42. The molecule has 0 aliphatic carbocycles. The van der Waals surface area contributed by atoms with Crippen molar-refractivity contribution in [2.75, 3.05) is 13.1 Å². The van der Waals surface area contributed by atoms with E-state index in [1.807, 2.05) is 58.8 Å². The van der Waals surface area contributed by atoms with Crippen molar-refractivity contribution in [3.8, 4) is 0 Å². The third-order valence-corrected chi connectivity index (χ3v) is 7.62. The highest BCUT2D eigenvalue weighted by atomic mass is 32.2. The van der Waals surface area contributed by atoms with Crippen LogP contribution in [0, 0.1) is 0 Å². The Morgan fingerprint density at radius 3 is 2.00 bits per heavy atom. The van der Waals surface area contributed by atoms with Crippen LogP contribution in [0.15, 0.2) is 64.4 Å². The maximum Gasteiger partial charge on any atom is 0.253 e. The molecule has 4 heteroatoms. The minimum Gasteiger partial charge on any atom is -0.338 e. The molecule has 0 saturated carbocycles. The van der Waals surface area contributed by atoms with E-state index >= 15 is 0 Å². The van der Waals surface area contributed by atoms with Crippen LogP contribution in [0.25, 0.3) is 0 Å². The number of carbonyl (C=O) groups excluding carboxylic acids is 1. The van der Waals surface area contributed by atoms with Gasteiger partial charge in [0.2, 0.25) is 0 Å². The lowest BCUT2D eigenvalue weighted by Crippen LogP contribution is -2.43. The van der Waals surface area contributed by atoms with Crippen LogP contribution in [0.3, 0.4) is 0 Å². The van der Waals surface area contributed by atoms with Crippen molar-refractivity contribution in [3.05, 3.63) is 60.2 Å². The van der Waals surface area contributed by atoms with E-state index in [-0.39, 0.29) is 9.99 Å². The van der Waals surface area contributed by atoms with Crippen molar-refractivity contribution in [1.29, 1.82) is 0 Å². The van der Waals surface area contributed by atoms with Gasteiger partial charge in [-0.1, -0.05) is 30.3 Å². The molecule has 0 atom stereocenters. The number of hydrogen-bond acceptors (Lipinski definition) is 3. The van der Waals surface area contributed by atoms with Gasteiger partial charge < -0.3 is 4.90 Å². The fourth-order valence-corrected chi connectivity index (χ4v) is 6.22. The van der Waals surface area contributed by atoms with Crippen LogP contribution in [-0.4, -0.2) is 28.0 Å². The average Bonchev–Trinajstić information content (AvgIpc) is 2.93. The highest BCUT2D eigenvalue weighted by Crippen LogP contribution is 2.59. The molecular formula is C18H17NOS2. The summed E-state index contributed by atoms with van der Waals surface area (Å²) in [5.41, 5.74) is 0.800. The molecule has 2 aromatic rings. The van der Waals surface area contributed by atoms with Gasteiger partial charge in [0, 0.05) is 28.4 Å². The van der Waals surface area contributed by atoms with Crippen LogP contribution in [0.5, 0.6) is 0 Å². The molecule has 2 nitrogen and oxygen atoms in total. The topological polar surface area (TPSA) is 20.3 Å². The van der Waals surface area contributed by atoms with Crippen LogP contribution in [0.4, 0.5) is 0 Å². The second-order valence-electron chi connectivity index (χ2n) is 5.72. The average molecular weight is 327 g/mol. The van der Waals surface area contributed by atoms with E-state index in [0.29, 0.717) is 0 Å². The number of piperidine rings is 1. The Morgan fingerprint density at radius 1 is 0.864 bits per heavy atom. The SMILES string of the molecule is O=C(c1ccccc1)N1CCC2(CC1)Sc1ccccc1S2. The number of hydrogen-bond donors (Lipinski definition) is 0. The van der Waals surface area contributed by atoms with Gasteiger partial charge in [-0.25, -0.2) is 0 Å². The largest absolute Gasteiger partial charge is 0.338 e. The smallest absolute Gasteiger partial charge is 0.253 e. The summed E-state index contributed by atoms with van der Waals surface area (Å²) >= 11 is 3.99. The second kappa shape index (κ2) is 5.67. The Morgan fingerprint density at radius 2 is 1.41 bits per heavy atom. The van der Waals surface area contributed by atoms with E-state index in [2.05, 4.69) is 24.3 Å². The van der Waals surface area contributed by atoms with Gasteiger partial charge >= 0.3 is 0 Å². The molecule has 112 valence electrons. The molecule has 1 spiro atoms. The Kier molecular flexibility index (Phi) is 3.66. The van der Waals surface area contributed by atoms with Crippen LogP contribution >= 0.6 is 23.5 Å². The maximum atomic E-state index is 12.5. The molecule has 1 fully saturated rings. The zero-order valence-corrected chi connectivity index (χ0v) is 13.8. The fraction of sp³-hybridized carbons (Fsp3) is 0.278. The highest BCUT2D eigenvalue weighted by molar-refractivity contribution is 8.20. The molecular weight excluding hydrogens is 310 g/mol. The molecule has 0 N–H and O–H groups in total. The summed E-state index contributed by atoms with van der Waals surface area (Å²) in [5, 5.41) is 0. The van der Waals surface area contributed by atoms with Crippen LogP contribution in [0.2, 0.25) is 0 Å². The van der Waals surface area contributed by atoms with E-state index in [1.165, 1.54) is 9.79 Å². The van der Waals surface area contributed by atoms with Crippen molar-refractivity contribution in [2.24, 2.45) is 0 Å². The monoisotopic (exact) mass is 327 g/mol. The van der Waals surface area contributed by atoms with E-state index in [0.717, 1.165) is 31.5 Å². The summed E-state index contributed by atoms with van der Waals surface area (Å²) in [6.45, 7) is 1.70. The first kappa shape index (κ1) is 14.2. The van der Waals surface area contributed by atoms with Gasteiger partial charge in [0.1, 0.15) is 0 Å². The standard InChI is InChI=1S/C18H17NOS2/c20-17(14-6-2-1-3-7-14)19-12-10-18(11-13-19)21-15-8-4-5-9-16(15)22-18/h1-9H,10-13H2. The predicted octanol–water partition coefficient (Wildman–Crippen LogP) is 4.52. The lowest BCUT2D eigenvalue weighted by Gasteiger charge is -2.37. The first-order chi connectivity index (χ1) is 10.8. The van der Waals surface area contributed by atoms with Gasteiger partial charge in [0.25, 0.3) is 5.91 Å².